The molecule has 0 saturated heterocycles. The predicted octanol–water partition coefficient (Wildman–Crippen LogP) is 6.23. The van der Waals surface area contributed by atoms with Gasteiger partial charge < -0.3 is 20.1 Å². The second-order valence-corrected chi connectivity index (χ2v) is 9.31. The minimum Gasteiger partial charge on any atom is -0.481 e. The van der Waals surface area contributed by atoms with E-state index in [2.05, 4.69) is 23.5 Å². The van der Waals surface area contributed by atoms with Crippen LogP contribution in [0.15, 0.2) is 91.0 Å². The number of nitrogens with zero attached hydrogens (tertiary/aromatic N) is 1. The maximum Gasteiger partial charge on any atom is 0.303 e. The van der Waals surface area contributed by atoms with Gasteiger partial charge in [0.15, 0.2) is 0 Å². The molecule has 1 unspecified atom stereocenters. The maximum atomic E-state index is 13.4. The first-order valence-corrected chi connectivity index (χ1v) is 12.8. The Morgan fingerprint density at radius 2 is 1.59 bits per heavy atom. The van der Waals surface area contributed by atoms with Gasteiger partial charge in [0.25, 0.3) is 5.91 Å². The van der Waals surface area contributed by atoms with Crippen LogP contribution in [-0.4, -0.2) is 42.4 Å². The standard InChI is InChI=1S/C29H27NO4.C3H7NO/c1-20(25-15-7-10-21-9-5-6-14-26(21)25)30-29(33)27-19-24(34-23-12-3-2-4-13-23)18-17-22(27)11-8-16-28(31)32;1-4(2)3-5/h2-7,9-10,12-15,17-20H,8,11,16H2,1H3,(H,30,33)(H,31,32);3H,1-2H3. The molecule has 2 amide bonds. The zero-order valence-corrected chi connectivity index (χ0v) is 22.5. The van der Waals surface area contributed by atoms with Crippen LogP contribution in [0.1, 0.15) is 47.3 Å². The average Bonchev–Trinajstić information content (AvgIpc) is 2.94. The lowest BCUT2D eigenvalue weighted by Gasteiger charge is -2.19. The van der Waals surface area contributed by atoms with E-state index in [0.29, 0.717) is 29.9 Å². The van der Waals surface area contributed by atoms with Crippen LogP contribution >= 0.6 is 0 Å². The van der Waals surface area contributed by atoms with Crippen molar-refractivity contribution in [1.29, 1.82) is 0 Å². The van der Waals surface area contributed by atoms with Crippen LogP contribution in [0.3, 0.4) is 0 Å². The highest BCUT2D eigenvalue weighted by atomic mass is 16.5. The number of para-hydroxylation sites is 1. The number of hydrogen-bond acceptors (Lipinski definition) is 4. The molecular weight excluding hydrogens is 492 g/mol. The number of hydrogen-bond donors (Lipinski definition) is 2. The highest BCUT2D eigenvalue weighted by molar-refractivity contribution is 5.97. The molecule has 0 aliphatic heterocycles. The summed E-state index contributed by atoms with van der Waals surface area (Å²) in [6.07, 6.45) is 1.74. The van der Waals surface area contributed by atoms with Crippen molar-refractivity contribution in [2.75, 3.05) is 14.1 Å². The number of nitrogens with one attached hydrogen (secondary N) is 1. The molecule has 0 heterocycles. The third kappa shape index (κ3) is 8.71. The number of fused-ring (bicyclic) bond motifs is 1. The molecule has 0 aromatic heterocycles. The number of aliphatic carboxylic acids is 1. The largest absolute Gasteiger partial charge is 0.481 e. The summed E-state index contributed by atoms with van der Waals surface area (Å²) in [6.45, 7) is 1.97. The summed E-state index contributed by atoms with van der Waals surface area (Å²) in [6, 6.07) is 28.7. The first kappa shape index (κ1) is 28.9. The number of carboxylic acid groups (broad SMARTS) is 1. The van der Waals surface area contributed by atoms with Gasteiger partial charge in [-0.25, -0.2) is 0 Å². The lowest BCUT2D eigenvalue weighted by Crippen LogP contribution is -2.27. The zero-order valence-electron chi connectivity index (χ0n) is 22.5. The third-order valence-corrected chi connectivity index (χ3v) is 5.99. The van der Waals surface area contributed by atoms with Crippen LogP contribution in [0.2, 0.25) is 0 Å². The normalized spacial score (nSPS) is 11.1. The Hall–Kier alpha value is -4.65. The zero-order chi connectivity index (χ0) is 28.2. The molecule has 0 aliphatic carbocycles. The Kier molecular flexibility index (Phi) is 10.6. The van der Waals surface area contributed by atoms with E-state index in [1.165, 1.54) is 4.90 Å². The fourth-order valence-electron chi connectivity index (χ4n) is 4.08. The van der Waals surface area contributed by atoms with E-state index in [0.717, 1.165) is 28.3 Å². The van der Waals surface area contributed by atoms with Gasteiger partial charge in [-0.1, -0.05) is 66.7 Å². The number of ether oxygens (including phenoxy) is 1. The van der Waals surface area contributed by atoms with Crippen molar-refractivity contribution in [3.05, 3.63) is 108 Å². The molecule has 39 heavy (non-hydrogen) atoms. The Morgan fingerprint density at radius 3 is 2.28 bits per heavy atom. The van der Waals surface area contributed by atoms with Gasteiger partial charge >= 0.3 is 5.97 Å². The number of carboxylic acids is 1. The van der Waals surface area contributed by atoms with Gasteiger partial charge in [-0.2, -0.15) is 0 Å². The van der Waals surface area contributed by atoms with Gasteiger partial charge in [-0.15, -0.1) is 0 Å². The molecule has 0 fully saturated rings. The molecule has 0 spiro atoms. The van der Waals surface area contributed by atoms with Crippen molar-refractivity contribution in [3.8, 4) is 11.5 Å². The van der Waals surface area contributed by atoms with E-state index >= 15 is 0 Å². The lowest BCUT2D eigenvalue weighted by molar-refractivity contribution is -0.137. The maximum absolute atomic E-state index is 13.4. The Labute approximate surface area is 229 Å². The number of aryl methyl sites for hydroxylation is 1. The summed E-state index contributed by atoms with van der Waals surface area (Å²) in [4.78, 5) is 35.3. The Morgan fingerprint density at radius 1 is 0.923 bits per heavy atom. The van der Waals surface area contributed by atoms with Crippen LogP contribution in [-0.2, 0) is 16.0 Å². The molecule has 1 atom stereocenters. The average molecular weight is 527 g/mol. The van der Waals surface area contributed by atoms with Crippen molar-refractivity contribution in [1.82, 2.24) is 10.2 Å². The molecule has 0 bridgehead atoms. The van der Waals surface area contributed by atoms with Gasteiger partial charge in [0.2, 0.25) is 6.41 Å². The second kappa shape index (κ2) is 14.3. The van der Waals surface area contributed by atoms with Crippen molar-refractivity contribution >= 4 is 29.1 Å². The molecule has 2 N–H and O–H groups in total. The minimum atomic E-state index is -0.848. The van der Waals surface area contributed by atoms with Crippen molar-refractivity contribution in [3.63, 3.8) is 0 Å². The highest BCUT2D eigenvalue weighted by Crippen LogP contribution is 2.27. The number of rotatable bonds is 10. The fraction of sp³-hybridized carbons (Fsp3) is 0.219. The van der Waals surface area contributed by atoms with Crippen molar-refractivity contribution in [2.24, 2.45) is 0 Å². The summed E-state index contributed by atoms with van der Waals surface area (Å²) in [5.74, 6) is 0.164. The Bertz CT molecular complexity index is 1400. The number of amides is 2. The SMILES string of the molecule is CC(NC(=O)c1cc(Oc2ccccc2)ccc1CCCC(=O)O)c1cccc2ccccc12.CN(C)C=O. The van der Waals surface area contributed by atoms with Crippen molar-refractivity contribution in [2.45, 2.75) is 32.2 Å². The molecule has 7 heteroatoms. The third-order valence-electron chi connectivity index (χ3n) is 5.99. The first-order valence-electron chi connectivity index (χ1n) is 12.8. The van der Waals surface area contributed by atoms with E-state index in [1.54, 1.807) is 20.2 Å². The summed E-state index contributed by atoms with van der Waals surface area (Å²) in [7, 11) is 3.38. The van der Waals surface area contributed by atoms with Crippen molar-refractivity contribution < 1.29 is 24.2 Å². The molecule has 4 aromatic carbocycles. The van der Waals surface area contributed by atoms with E-state index < -0.39 is 5.97 Å². The molecule has 4 rings (SSSR count). The van der Waals surface area contributed by atoms with Crippen LogP contribution in [0, 0.1) is 0 Å². The van der Waals surface area contributed by atoms with Crippen LogP contribution in [0.4, 0.5) is 0 Å². The summed E-state index contributed by atoms with van der Waals surface area (Å²) in [5.41, 5.74) is 2.32. The molecule has 202 valence electrons. The van der Waals surface area contributed by atoms with E-state index in [9.17, 15) is 14.4 Å². The molecule has 0 aliphatic rings. The van der Waals surface area contributed by atoms with Gasteiger partial charge in [-0.3, -0.25) is 14.4 Å². The fourth-order valence-corrected chi connectivity index (χ4v) is 4.08. The number of carbonyl (C=O) groups excluding carboxylic acids is 2. The summed E-state index contributed by atoms with van der Waals surface area (Å²) >= 11 is 0. The minimum absolute atomic E-state index is 0.0513. The molecule has 0 saturated carbocycles. The highest BCUT2D eigenvalue weighted by Gasteiger charge is 2.18. The van der Waals surface area contributed by atoms with Gasteiger partial charge in [-0.05, 0) is 65.9 Å². The monoisotopic (exact) mass is 526 g/mol. The summed E-state index contributed by atoms with van der Waals surface area (Å²) in [5, 5.41) is 14.4. The number of carbonyl (C=O) groups is 3. The predicted molar refractivity (Wildman–Crippen MR) is 153 cm³/mol. The molecule has 4 aromatic rings. The topological polar surface area (TPSA) is 95.9 Å². The quantitative estimate of drug-likeness (QED) is 0.239. The smallest absolute Gasteiger partial charge is 0.303 e. The number of benzene rings is 4. The van der Waals surface area contributed by atoms with Crippen LogP contribution in [0.25, 0.3) is 10.8 Å². The Balaban J connectivity index is 0.000000771. The first-order chi connectivity index (χ1) is 18.8. The van der Waals surface area contributed by atoms with E-state index in [-0.39, 0.29) is 18.4 Å². The molecular formula is C32H34N2O5. The van der Waals surface area contributed by atoms with E-state index in [1.807, 2.05) is 73.7 Å². The molecule has 7 nitrogen and oxygen atoms in total. The second-order valence-electron chi connectivity index (χ2n) is 9.31. The van der Waals surface area contributed by atoms with Crippen LogP contribution < -0.4 is 10.1 Å². The van der Waals surface area contributed by atoms with Gasteiger partial charge in [0.05, 0.1) is 6.04 Å². The summed E-state index contributed by atoms with van der Waals surface area (Å²) < 4.78 is 5.94. The molecule has 0 radical (unpaired) electrons. The lowest BCUT2D eigenvalue weighted by atomic mass is 9.98. The van der Waals surface area contributed by atoms with Gasteiger partial charge in [0.1, 0.15) is 11.5 Å². The van der Waals surface area contributed by atoms with Gasteiger partial charge in [0, 0.05) is 26.1 Å². The van der Waals surface area contributed by atoms with E-state index in [4.69, 9.17) is 9.84 Å². The van der Waals surface area contributed by atoms with Crippen LogP contribution in [0.5, 0.6) is 11.5 Å².